The minimum Gasteiger partial charge on any atom is -0.465 e. The van der Waals surface area contributed by atoms with Crippen LogP contribution in [0.4, 0.5) is 27.8 Å². The maximum atomic E-state index is 12.9. The highest BCUT2D eigenvalue weighted by atomic mass is 19.4. The van der Waals surface area contributed by atoms with Gasteiger partial charge in [-0.05, 0) is 9.91 Å². The van der Waals surface area contributed by atoms with Gasteiger partial charge in [-0.2, -0.15) is 0 Å². The average Bonchev–Trinajstić information content (AvgIpc) is 2.34. The highest BCUT2D eigenvalue weighted by Gasteiger charge is 2.39. The summed E-state index contributed by atoms with van der Waals surface area (Å²) in [5, 5.41) is 10.6. The third-order valence-electron chi connectivity index (χ3n) is 2.07. The van der Waals surface area contributed by atoms with Crippen LogP contribution in [0.2, 0.25) is 0 Å². The van der Waals surface area contributed by atoms with Crippen LogP contribution in [0.25, 0.3) is 0 Å². The number of hydrogen-bond acceptors (Lipinski definition) is 6. The second-order valence-corrected chi connectivity index (χ2v) is 3.33. The van der Waals surface area contributed by atoms with Crippen LogP contribution in [-0.4, -0.2) is 29.3 Å². The Labute approximate surface area is 112 Å². The standard InChI is InChI=1S/C9H5F5N2O5/c1-20-8(17)5-4(6(10)11)3(21-9(12,13)14)2-15-7(5)16(18)19/h2,6H,1H3. The molecule has 0 aromatic carbocycles. The van der Waals surface area contributed by atoms with Gasteiger partial charge < -0.3 is 19.6 Å². The number of alkyl halides is 5. The molecule has 7 nitrogen and oxygen atoms in total. The first-order valence-corrected chi connectivity index (χ1v) is 4.88. The highest BCUT2D eigenvalue weighted by molar-refractivity contribution is 5.95. The Morgan fingerprint density at radius 1 is 1.43 bits per heavy atom. The van der Waals surface area contributed by atoms with Gasteiger partial charge in [0.15, 0.2) is 17.5 Å². The van der Waals surface area contributed by atoms with E-state index in [1.54, 1.807) is 0 Å². The highest BCUT2D eigenvalue weighted by Crippen LogP contribution is 2.38. The Morgan fingerprint density at radius 2 is 2.00 bits per heavy atom. The zero-order valence-electron chi connectivity index (χ0n) is 9.98. The van der Waals surface area contributed by atoms with Crippen molar-refractivity contribution in [2.24, 2.45) is 0 Å². The average molecular weight is 316 g/mol. The van der Waals surface area contributed by atoms with E-state index >= 15 is 0 Å². The summed E-state index contributed by atoms with van der Waals surface area (Å²) in [5.74, 6) is -4.53. The van der Waals surface area contributed by atoms with Gasteiger partial charge in [0, 0.05) is 0 Å². The minimum absolute atomic E-state index is 0.0829. The summed E-state index contributed by atoms with van der Waals surface area (Å²) >= 11 is 0. The van der Waals surface area contributed by atoms with Crippen molar-refractivity contribution < 1.29 is 41.1 Å². The predicted octanol–water partition coefficient (Wildman–Crippen LogP) is 2.61. The van der Waals surface area contributed by atoms with Crippen LogP contribution in [0.1, 0.15) is 22.3 Å². The fraction of sp³-hybridized carbons (Fsp3) is 0.333. The Hall–Kier alpha value is -2.53. The molecule has 0 saturated heterocycles. The van der Waals surface area contributed by atoms with E-state index in [4.69, 9.17) is 0 Å². The van der Waals surface area contributed by atoms with Crippen molar-refractivity contribution in [3.05, 3.63) is 27.4 Å². The van der Waals surface area contributed by atoms with Crippen LogP contribution >= 0.6 is 0 Å². The number of hydrogen-bond donors (Lipinski definition) is 0. The molecule has 0 aliphatic carbocycles. The number of carbonyl (C=O) groups is 1. The molecule has 0 aliphatic rings. The lowest BCUT2D eigenvalue weighted by Gasteiger charge is -2.13. The molecule has 0 atom stereocenters. The first kappa shape index (κ1) is 16.5. The third-order valence-corrected chi connectivity index (χ3v) is 2.07. The molecule has 0 amide bonds. The second kappa shape index (κ2) is 5.85. The smallest absolute Gasteiger partial charge is 0.465 e. The summed E-state index contributed by atoms with van der Waals surface area (Å²) in [6.45, 7) is 0. The molecule has 1 aromatic heterocycles. The van der Waals surface area contributed by atoms with E-state index in [2.05, 4.69) is 14.5 Å². The van der Waals surface area contributed by atoms with Gasteiger partial charge in [-0.1, -0.05) is 0 Å². The van der Waals surface area contributed by atoms with Crippen molar-refractivity contribution in [1.29, 1.82) is 0 Å². The van der Waals surface area contributed by atoms with E-state index in [0.29, 0.717) is 7.11 Å². The van der Waals surface area contributed by atoms with E-state index in [-0.39, 0.29) is 6.20 Å². The molecule has 1 rings (SSSR count). The normalized spacial score (nSPS) is 11.4. The molecule has 0 saturated carbocycles. The molecule has 0 aliphatic heterocycles. The van der Waals surface area contributed by atoms with Crippen LogP contribution in [-0.2, 0) is 4.74 Å². The molecule has 0 spiro atoms. The number of aromatic nitrogens is 1. The van der Waals surface area contributed by atoms with Crippen molar-refractivity contribution in [2.75, 3.05) is 7.11 Å². The Bertz CT molecular complexity index is 574. The van der Waals surface area contributed by atoms with Crippen LogP contribution in [0, 0.1) is 10.1 Å². The lowest BCUT2D eigenvalue weighted by molar-refractivity contribution is -0.390. The van der Waals surface area contributed by atoms with E-state index in [0.717, 1.165) is 0 Å². The third kappa shape index (κ3) is 3.73. The Balaban J connectivity index is 3.63. The molecule has 0 radical (unpaired) electrons. The molecule has 12 heteroatoms. The van der Waals surface area contributed by atoms with Crippen molar-refractivity contribution in [3.8, 4) is 5.75 Å². The topological polar surface area (TPSA) is 91.6 Å². The molecule has 1 aromatic rings. The molecule has 0 bridgehead atoms. The van der Waals surface area contributed by atoms with Crippen molar-refractivity contribution in [2.45, 2.75) is 12.8 Å². The summed E-state index contributed by atoms with van der Waals surface area (Å²) in [4.78, 5) is 23.6. The van der Waals surface area contributed by atoms with E-state index in [9.17, 15) is 36.9 Å². The summed E-state index contributed by atoms with van der Waals surface area (Å²) in [5.41, 5.74) is -3.03. The quantitative estimate of drug-likeness (QED) is 0.367. The summed E-state index contributed by atoms with van der Waals surface area (Å²) in [6.07, 6.45) is -8.94. The van der Waals surface area contributed by atoms with Crippen molar-refractivity contribution in [1.82, 2.24) is 4.98 Å². The summed E-state index contributed by atoms with van der Waals surface area (Å²) in [7, 11) is 0.707. The van der Waals surface area contributed by atoms with Crippen LogP contribution in [0.15, 0.2) is 6.20 Å². The van der Waals surface area contributed by atoms with Gasteiger partial charge in [0.2, 0.25) is 0 Å². The predicted molar refractivity (Wildman–Crippen MR) is 53.9 cm³/mol. The van der Waals surface area contributed by atoms with Crippen molar-refractivity contribution in [3.63, 3.8) is 0 Å². The molecule has 21 heavy (non-hydrogen) atoms. The fourth-order valence-corrected chi connectivity index (χ4v) is 1.36. The molecule has 116 valence electrons. The molecular weight excluding hydrogens is 311 g/mol. The van der Waals surface area contributed by atoms with Gasteiger partial charge >= 0.3 is 18.1 Å². The van der Waals surface area contributed by atoms with Gasteiger partial charge in [-0.15, -0.1) is 13.2 Å². The molecule has 0 N–H and O–H groups in total. The first-order valence-electron chi connectivity index (χ1n) is 4.88. The largest absolute Gasteiger partial charge is 0.573 e. The zero-order valence-corrected chi connectivity index (χ0v) is 9.98. The molecule has 0 unspecified atom stereocenters. The number of esters is 1. The van der Waals surface area contributed by atoms with E-state index < -0.39 is 46.4 Å². The summed E-state index contributed by atoms with van der Waals surface area (Å²) in [6, 6.07) is 0. The minimum atomic E-state index is -5.35. The van der Waals surface area contributed by atoms with Gasteiger partial charge in [0.25, 0.3) is 6.43 Å². The monoisotopic (exact) mass is 316 g/mol. The zero-order chi connectivity index (χ0) is 16.4. The number of rotatable bonds is 4. The van der Waals surface area contributed by atoms with E-state index in [1.165, 1.54) is 0 Å². The van der Waals surface area contributed by atoms with Crippen LogP contribution in [0.5, 0.6) is 5.75 Å². The van der Waals surface area contributed by atoms with Crippen LogP contribution < -0.4 is 4.74 Å². The Morgan fingerprint density at radius 3 is 2.38 bits per heavy atom. The van der Waals surface area contributed by atoms with E-state index in [1.807, 2.05) is 0 Å². The number of carbonyl (C=O) groups excluding carboxylic acids is 1. The number of ether oxygens (including phenoxy) is 2. The number of pyridine rings is 1. The lowest BCUT2D eigenvalue weighted by atomic mass is 10.1. The fourth-order valence-electron chi connectivity index (χ4n) is 1.36. The maximum absolute atomic E-state index is 12.9. The lowest BCUT2D eigenvalue weighted by Crippen LogP contribution is -2.20. The van der Waals surface area contributed by atoms with Gasteiger partial charge in [0.05, 0.1) is 12.7 Å². The van der Waals surface area contributed by atoms with Crippen molar-refractivity contribution >= 4 is 11.8 Å². The van der Waals surface area contributed by atoms with Gasteiger partial charge in [-0.3, -0.25) is 0 Å². The first-order chi connectivity index (χ1) is 9.58. The number of halogens is 5. The van der Waals surface area contributed by atoms with Crippen LogP contribution in [0.3, 0.4) is 0 Å². The Kier molecular flexibility index (Phi) is 4.60. The summed E-state index contributed by atoms with van der Waals surface area (Å²) < 4.78 is 69.5. The maximum Gasteiger partial charge on any atom is 0.573 e. The second-order valence-electron chi connectivity index (χ2n) is 3.33. The number of methoxy groups -OCH3 is 1. The SMILES string of the molecule is COC(=O)c1c([N+](=O)[O-])ncc(OC(F)(F)F)c1C(F)F. The van der Waals surface area contributed by atoms with Gasteiger partial charge in [0.1, 0.15) is 0 Å². The van der Waals surface area contributed by atoms with Gasteiger partial charge in [-0.25, -0.2) is 13.6 Å². The molecule has 1 heterocycles. The number of nitro groups is 1. The number of nitrogens with zero attached hydrogens (tertiary/aromatic N) is 2. The molecular formula is C9H5F5N2O5. The molecule has 0 fully saturated rings.